The standard InChI is InChI=1S/C22H30N2O5/c1-20(2,3)27-18(25)17-13-22(14-24(17)19(26)28-21(4,5)6)12-16(23-29-22)15-10-8-7-9-11-15/h7-11,17H,12-14H2,1-6H3/t17?,22-/m1/s1. The normalized spacial score (nSPS) is 24.3. The van der Waals surface area contributed by atoms with Gasteiger partial charge >= 0.3 is 12.1 Å². The highest BCUT2D eigenvalue weighted by Crippen LogP contribution is 2.40. The largest absolute Gasteiger partial charge is 0.458 e. The molecule has 2 atom stereocenters. The third-order valence-corrected chi connectivity index (χ3v) is 4.65. The number of rotatable bonds is 2. The van der Waals surface area contributed by atoms with Crippen molar-refractivity contribution in [1.29, 1.82) is 0 Å². The number of benzene rings is 1. The number of esters is 1. The Hall–Kier alpha value is -2.57. The first-order chi connectivity index (χ1) is 13.4. The molecule has 0 aromatic heterocycles. The van der Waals surface area contributed by atoms with E-state index in [4.69, 9.17) is 14.3 Å². The number of ether oxygens (including phenoxy) is 2. The first kappa shape index (κ1) is 21.1. The van der Waals surface area contributed by atoms with Crippen molar-refractivity contribution in [2.45, 2.75) is 77.2 Å². The fourth-order valence-corrected chi connectivity index (χ4v) is 3.54. The van der Waals surface area contributed by atoms with Crippen molar-refractivity contribution >= 4 is 17.8 Å². The molecule has 7 heteroatoms. The molecular weight excluding hydrogens is 372 g/mol. The summed E-state index contributed by atoms with van der Waals surface area (Å²) in [5.74, 6) is -0.461. The third-order valence-electron chi connectivity index (χ3n) is 4.65. The summed E-state index contributed by atoms with van der Waals surface area (Å²) >= 11 is 0. The van der Waals surface area contributed by atoms with Crippen molar-refractivity contribution in [1.82, 2.24) is 4.90 Å². The zero-order valence-corrected chi connectivity index (χ0v) is 18.0. The number of oxime groups is 1. The van der Waals surface area contributed by atoms with Crippen LogP contribution in [-0.4, -0.2) is 52.1 Å². The summed E-state index contributed by atoms with van der Waals surface area (Å²) in [6, 6.07) is 8.96. The van der Waals surface area contributed by atoms with E-state index >= 15 is 0 Å². The Kier molecular flexibility index (Phi) is 5.36. The Labute approximate surface area is 172 Å². The minimum absolute atomic E-state index is 0.214. The Bertz CT molecular complexity index is 769. The first-order valence-corrected chi connectivity index (χ1v) is 9.90. The molecule has 1 spiro atoms. The fraction of sp³-hybridized carbons (Fsp3) is 0.591. The first-order valence-electron chi connectivity index (χ1n) is 9.90. The van der Waals surface area contributed by atoms with Gasteiger partial charge in [0, 0.05) is 12.8 Å². The Morgan fingerprint density at radius 3 is 2.28 bits per heavy atom. The van der Waals surface area contributed by atoms with E-state index < -0.39 is 34.9 Å². The molecule has 2 aliphatic rings. The number of carbonyl (C=O) groups is 2. The highest BCUT2D eigenvalue weighted by molar-refractivity contribution is 6.02. The van der Waals surface area contributed by atoms with E-state index in [9.17, 15) is 9.59 Å². The maximum Gasteiger partial charge on any atom is 0.411 e. The number of amides is 1. The molecule has 1 aromatic carbocycles. The summed E-state index contributed by atoms with van der Waals surface area (Å²) < 4.78 is 11.1. The number of carbonyl (C=O) groups excluding carboxylic acids is 2. The monoisotopic (exact) mass is 402 g/mol. The SMILES string of the molecule is CC(C)(C)OC(=O)C1C[C@]2(CC(c3ccccc3)=NO2)CN1C(=O)OC(C)(C)C. The summed E-state index contributed by atoms with van der Waals surface area (Å²) in [7, 11) is 0. The van der Waals surface area contributed by atoms with E-state index in [1.165, 1.54) is 4.90 Å². The molecule has 2 heterocycles. The molecule has 0 bridgehead atoms. The molecule has 158 valence electrons. The summed E-state index contributed by atoms with van der Waals surface area (Å²) in [6.07, 6.45) is 0.262. The van der Waals surface area contributed by atoms with Gasteiger partial charge in [0.1, 0.15) is 17.2 Å². The molecule has 3 rings (SSSR count). The van der Waals surface area contributed by atoms with Crippen LogP contribution in [0.2, 0.25) is 0 Å². The summed E-state index contributed by atoms with van der Waals surface area (Å²) in [5.41, 5.74) is -0.320. The maximum absolute atomic E-state index is 12.9. The minimum Gasteiger partial charge on any atom is -0.458 e. The smallest absolute Gasteiger partial charge is 0.411 e. The molecule has 2 aliphatic heterocycles. The van der Waals surface area contributed by atoms with Crippen LogP contribution in [0.4, 0.5) is 4.79 Å². The van der Waals surface area contributed by atoms with Crippen LogP contribution in [0, 0.1) is 0 Å². The molecule has 29 heavy (non-hydrogen) atoms. The van der Waals surface area contributed by atoms with Gasteiger partial charge in [-0.15, -0.1) is 0 Å². The van der Waals surface area contributed by atoms with Crippen LogP contribution in [0.1, 0.15) is 59.9 Å². The lowest BCUT2D eigenvalue weighted by Gasteiger charge is -2.29. The van der Waals surface area contributed by atoms with Crippen LogP contribution < -0.4 is 0 Å². The van der Waals surface area contributed by atoms with Crippen LogP contribution in [0.25, 0.3) is 0 Å². The number of hydrogen-bond donors (Lipinski definition) is 0. The molecule has 1 saturated heterocycles. The molecule has 7 nitrogen and oxygen atoms in total. The number of likely N-dealkylation sites (tertiary alicyclic amines) is 1. The Morgan fingerprint density at radius 2 is 1.69 bits per heavy atom. The lowest BCUT2D eigenvalue weighted by atomic mass is 9.92. The van der Waals surface area contributed by atoms with E-state index in [1.54, 1.807) is 41.5 Å². The summed E-state index contributed by atoms with van der Waals surface area (Å²) in [6.45, 7) is 11.0. The molecule has 0 aliphatic carbocycles. The van der Waals surface area contributed by atoms with Crippen LogP contribution in [0.3, 0.4) is 0 Å². The molecule has 1 aromatic rings. The van der Waals surface area contributed by atoms with E-state index in [1.807, 2.05) is 30.3 Å². The van der Waals surface area contributed by atoms with Crippen molar-refractivity contribution in [3.8, 4) is 0 Å². The predicted octanol–water partition coefficient (Wildman–Crippen LogP) is 3.90. The molecule has 1 amide bonds. The second-order valence-electron chi connectivity index (χ2n) is 9.72. The fourth-order valence-electron chi connectivity index (χ4n) is 3.54. The predicted molar refractivity (Wildman–Crippen MR) is 109 cm³/mol. The van der Waals surface area contributed by atoms with Crippen molar-refractivity contribution in [2.24, 2.45) is 5.16 Å². The van der Waals surface area contributed by atoms with E-state index in [0.717, 1.165) is 11.3 Å². The maximum atomic E-state index is 12.9. The molecule has 0 N–H and O–H groups in total. The van der Waals surface area contributed by atoms with Crippen molar-refractivity contribution in [3.05, 3.63) is 35.9 Å². The summed E-state index contributed by atoms with van der Waals surface area (Å²) in [4.78, 5) is 32.9. The van der Waals surface area contributed by atoms with Crippen molar-refractivity contribution < 1.29 is 23.9 Å². The van der Waals surface area contributed by atoms with Gasteiger partial charge in [-0.3, -0.25) is 4.90 Å². The summed E-state index contributed by atoms with van der Waals surface area (Å²) in [5, 5.41) is 4.26. The zero-order valence-electron chi connectivity index (χ0n) is 18.0. The third kappa shape index (κ3) is 5.08. The van der Waals surface area contributed by atoms with Crippen LogP contribution >= 0.6 is 0 Å². The molecular formula is C22H30N2O5. The van der Waals surface area contributed by atoms with Gasteiger partial charge in [-0.05, 0) is 47.1 Å². The molecule has 0 radical (unpaired) electrons. The van der Waals surface area contributed by atoms with Crippen molar-refractivity contribution in [3.63, 3.8) is 0 Å². The number of nitrogens with zero attached hydrogens (tertiary/aromatic N) is 2. The minimum atomic E-state index is -0.783. The van der Waals surface area contributed by atoms with Gasteiger partial charge in [0.05, 0.1) is 12.3 Å². The lowest BCUT2D eigenvalue weighted by Crippen LogP contribution is -2.46. The average molecular weight is 402 g/mol. The molecule has 1 fully saturated rings. The Morgan fingerprint density at radius 1 is 1.07 bits per heavy atom. The zero-order chi connectivity index (χ0) is 21.4. The van der Waals surface area contributed by atoms with Crippen LogP contribution in [0.5, 0.6) is 0 Å². The van der Waals surface area contributed by atoms with Crippen LogP contribution in [0.15, 0.2) is 35.5 Å². The van der Waals surface area contributed by atoms with Gasteiger partial charge in [-0.2, -0.15) is 0 Å². The van der Waals surface area contributed by atoms with E-state index in [0.29, 0.717) is 12.8 Å². The topological polar surface area (TPSA) is 77.4 Å². The van der Waals surface area contributed by atoms with E-state index in [-0.39, 0.29) is 6.54 Å². The van der Waals surface area contributed by atoms with Crippen molar-refractivity contribution in [2.75, 3.05) is 6.54 Å². The second-order valence-corrected chi connectivity index (χ2v) is 9.72. The van der Waals surface area contributed by atoms with E-state index in [2.05, 4.69) is 5.16 Å². The lowest BCUT2D eigenvalue weighted by molar-refractivity contribution is -0.160. The van der Waals surface area contributed by atoms with Gasteiger partial charge < -0.3 is 14.3 Å². The van der Waals surface area contributed by atoms with Gasteiger partial charge in [0.2, 0.25) is 0 Å². The highest BCUT2D eigenvalue weighted by Gasteiger charge is 2.55. The van der Waals surface area contributed by atoms with Gasteiger partial charge in [-0.25, -0.2) is 9.59 Å². The van der Waals surface area contributed by atoms with Gasteiger partial charge in [-0.1, -0.05) is 35.5 Å². The van der Waals surface area contributed by atoms with Crippen LogP contribution in [-0.2, 0) is 19.1 Å². The molecule has 1 unspecified atom stereocenters. The average Bonchev–Trinajstić information content (AvgIpc) is 3.17. The van der Waals surface area contributed by atoms with Gasteiger partial charge in [0.25, 0.3) is 0 Å². The van der Waals surface area contributed by atoms with Gasteiger partial charge in [0.15, 0.2) is 5.60 Å². The second kappa shape index (κ2) is 7.35. The number of hydrogen-bond acceptors (Lipinski definition) is 6. The Balaban J connectivity index is 1.81. The quantitative estimate of drug-likeness (QED) is 0.701. The molecule has 0 saturated carbocycles. The highest BCUT2D eigenvalue weighted by atomic mass is 16.7.